The van der Waals surface area contributed by atoms with Gasteiger partial charge in [-0.3, -0.25) is 0 Å². The van der Waals surface area contributed by atoms with Crippen LogP contribution in [-0.2, 0) is 6.42 Å². The molecule has 2 aromatic carbocycles. The van der Waals surface area contributed by atoms with Crippen molar-refractivity contribution in [1.29, 1.82) is 0 Å². The summed E-state index contributed by atoms with van der Waals surface area (Å²) in [5.41, 5.74) is 3.78. The van der Waals surface area contributed by atoms with Crippen molar-refractivity contribution in [2.24, 2.45) is 5.92 Å². The molecule has 0 spiro atoms. The lowest BCUT2D eigenvalue weighted by Gasteiger charge is -2.10. The maximum absolute atomic E-state index is 11.6. The quantitative estimate of drug-likeness (QED) is 0.771. The Labute approximate surface area is 146 Å². The van der Waals surface area contributed by atoms with Crippen LogP contribution in [0.3, 0.4) is 0 Å². The summed E-state index contributed by atoms with van der Waals surface area (Å²) >= 11 is 0. The average Bonchev–Trinajstić information content (AvgIpc) is 3.02. The molecule has 1 aromatic heterocycles. The van der Waals surface area contributed by atoms with E-state index in [4.69, 9.17) is 0 Å². The van der Waals surface area contributed by atoms with Gasteiger partial charge in [0.25, 0.3) is 0 Å². The van der Waals surface area contributed by atoms with E-state index < -0.39 is 5.97 Å². The summed E-state index contributed by atoms with van der Waals surface area (Å²) in [5.74, 6) is 0.130. The smallest absolute Gasteiger partial charge is 0.335 e. The van der Waals surface area contributed by atoms with Crippen molar-refractivity contribution in [2.45, 2.75) is 27.2 Å². The third-order valence-electron chi connectivity index (χ3n) is 3.92. The molecule has 0 aliphatic rings. The molecule has 0 bridgehead atoms. The number of aromatic carboxylic acids is 1. The predicted octanol–water partition coefficient (Wildman–Crippen LogP) is 3.53. The number of carbonyl (C=O) groups is 1. The van der Waals surface area contributed by atoms with E-state index in [2.05, 4.69) is 29.4 Å². The van der Waals surface area contributed by atoms with E-state index in [0.717, 1.165) is 16.7 Å². The van der Waals surface area contributed by atoms with Crippen LogP contribution in [0, 0.1) is 12.8 Å². The van der Waals surface area contributed by atoms with Gasteiger partial charge in [0.15, 0.2) is 5.82 Å². The number of aromatic nitrogens is 4. The molecule has 0 saturated heterocycles. The van der Waals surface area contributed by atoms with Crippen molar-refractivity contribution in [3.63, 3.8) is 0 Å². The van der Waals surface area contributed by atoms with Crippen molar-refractivity contribution in [1.82, 2.24) is 20.2 Å². The first-order chi connectivity index (χ1) is 11.9. The number of carboxylic acid groups (broad SMARTS) is 1. The molecule has 0 aliphatic heterocycles. The molecule has 0 atom stereocenters. The number of hydrogen-bond donors (Lipinski definition) is 1. The second-order valence-corrected chi connectivity index (χ2v) is 6.54. The summed E-state index contributed by atoms with van der Waals surface area (Å²) in [7, 11) is 0. The highest BCUT2D eigenvalue weighted by Gasteiger charge is 2.14. The van der Waals surface area contributed by atoms with Crippen LogP contribution in [-0.4, -0.2) is 31.3 Å². The number of hydrogen-bond acceptors (Lipinski definition) is 4. The summed E-state index contributed by atoms with van der Waals surface area (Å²) in [6.45, 7) is 6.19. The van der Waals surface area contributed by atoms with Gasteiger partial charge in [-0.2, -0.15) is 4.68 Å². The molecule has 3 rings (SSSR count). The van der Waals surface area contributed by atoms with Gasteiger partial charge in [0.05, 0.1) is 11.3 Å². The predicted molar refractivity (Wildman–Crippen MR) is 94.8 cm³/mol. The van der Waals surface area contributed by atoms with Crippen molar-refractivity contribution < 1.29 is 9.90 Å². The summed E-state index contributed by atoms with van der Waals surface area (Å²) in [4.78, 5) is 11.6. The van der Waals surface area contributed by atoms with Gasteiger partial charge in [-0.1, -0.05) is 43.7 Å². The van der Waals surface area contributed by atoms with Crippen LogP contribution < -0.4 is 0 Å². The van der Waals surface area contributed by atoms with Gasteiger partial charge < -0.3 is 5.11 Å². The molecule has 6 nitrogen and oxygen atoms in total. The zero-order valence-corrected chi connectivity index (χ0v) is 14.5. The zero-order chi connectivity index (χ0) is 18.0. The molecular weight excluding hydrogens is 316 g/mol. The van der Waals surface area contributed by atoms with Crippen molar-refractivity contribution >= 4 is 5.97 Å². The SMILES string of the molecule is Cc1ccc(-c2cc(C(=O)O)cc(-n3nnnc3CC(C)C)c2)cc1. The molecule has 0 radical (unpaired) electrons. The molecule has 3 aromatic rings. The topological polar surface area (TPSA) is 80.9 Å². The standard InChI is InChI=1S/C19H20N4O2/c1-12(2)8-18-20-21-22-23(18)17-10-15(9-16(11-17)19(24)25)14-6-4-13(3)5-7-14/h4-7,9-12H,8H2,1-3H3,(H,24,25). The van der Waals surface area contributed by atoms with E-state index in [1.807, 2.05) is 37.3 Å². The van der Waals surface area contributed by atoms with E-state index in [1.165, 1.54) is 0 Å². The first-order valence-electron chi connectivity index (χ1n) is 8.17. The highest BCUT2D eigenvalue weighted by Crippen LogP contribution is 2.25. The Hall–Kier alpha value is -3.02. The Kier molecular flexibility index (Phi) is 4.61. The maximum Gasteiger partial charge on any atom is 0.335 e. The number of aryl methyl sites for hydroxylation is 1. The van der Waals surface area contributed by atoms with Gasteiger partial charge in [0.2, 0.25) is 0 Å². The molecule has 0 amide bonds. The van der Waals surface area contributed by atoms with Crippen LogP contribution in [0.25, 0.3) is 16.8 Å². The van der Waals surface area contributed by atoms with Crippen LogP contribution in [0.1, 0.15) is 35.6 Å². The highest BCUT2D eigenvalue weighted by atomic mass is 16.4. The molecular formula is C19H20N4O2. The van der Waals surface area contributed by atoms with Crippen LogP contribution in [0.15, 0.2) is 42.5 Å². The fourth-order valence-corrected chi connectivity index (χ4v) is 2.67. The third kappa shape index (κ3) is 3.74. The lowest BCUT2D eigenvalue weighted by molar-refractivity contribution is 0.0697. The molecule has 128 valence electrons. The fourth-order valence-electron chi connectivity index (χ4n) is 2.67. The third-order valence-corrected chi connectivity index (χ3v) is 3.92. The summed E-state index contributed by atoms with van der Waals surface area (Å²) in [6.07, 6.45) is 0.712. The lowest BCUT2D eigenvalue weighted by atomic mass is 10.0. The minimum atomic E-state index is -0.978. The van der Waals surface area contributed by atoms with Crippen molar-refractivity contribution in [2.75, 3.05) is 0 Å². The number of benzene rings is 2. The zero-order valence-electron chi connectivity index (χ0n) is 14.5. The van der Waals surface area contributed by atoms with E-state index in [0.29, 0.717) is 23.9 Å². The number of rotatable bonds is 5. The van der Waals surface area contributed by atoms with Crippen molar-refractivity contribution in [3.05, 3.63) is 59.4 Å². The Morgan fingerprint density at radius 2 is 1.84 bits per heavy atom. The number of tetrazole rings is 1. The molecule has 6 heteroatoms. The fraction of sp³-hybridized carbons (Fsp3) is 0.263. The molecule has 1 N–H and O–H groups in total. The number of carboxylic acids is 1. The lowest BCUT2D eigenvalue weighted by Crippen LogP contribution is -2.08. The Morgan fingerprint density at radius 3 is 2.48 bits per heavy atom. The van der Waals surface area contributed by atoms with Crippen LogP contribution in [0.5, 0.6) is 0 Å². The Balaban J connectivity index is 2.12. The second kappa shape index (κ2) is 6.84. The largest absolute Gasteiger partial charge is 0.478 e. The van der Waals surface area contributed by atoms with Gasteiger partial charge in [0.1, 0.15) is 0 Å². The van der Waals surface area contributed by atoms with Crippen molar-refractivity contribution in [3.8, 4) is 16.8 Å². The molecule has 0 fully saturated rings. The molecule has 1 heterocycles. The molecule has 0 unspecified atom stereocenters. The van der Waals surface area contributed by atoms with Crippen LogP contribution in [0.2, 0.25) is 0 Å². The Morgan fingerprint density at radius 1 is 1.12 bits per heavy atom. The highest BCUT2D eigenvalue weighted by molar-refractivity contribution is 5.90. The normalized spacial score (nSPS) is 11.0. The molecule has 0 aliphatic carbocycles. The summed E-state index contributed by atoms with van der Waals surface area (Å²) in [6, 6.07) is 13.1. The first kappa shape index (κ1) is 16.8. The minimum Gasteiger partial charge on any atom is -0.478 e. The van der Waals surface area contributed by atoms with Gasteiger partial charge in [-0.15, -0.1) is 5.10 Å². The second-order valence-electron chi connectivity index (χ2n) is 6.54. The Bertz CT molecular complexity index is 898. The van der Waals surface area contributed by atoms with Gasteiger partial charge in [-0.05, 0) is 52.6 Å². The first-order valence-corrected chi connectivity index (χ1v) is 8.17. The van der Waals surface area contributed by atoms with Crippen LogP contribution in [0.4, 0.5) is 0 Å². The van der Waals surface area contributed by atoms with E-state index in [-0.39, 0.29) is 5.56 Å². The monoisotopic (exact) mass is 336 g/mol. The molecule has 25 heavy (non-hydrogen) atoms. The minimum absolute atomic E-state index is 0.207. The van der Waals surface area contributed by atoms with Gasteiger partial charge in [0, 0.05) is 6.42 Å². The maximum atomic E-state index is 11.6. The van der Waals surface area contributed by atoms with E-state index in [9.17, 15) is 9.90 Å². The summed E-state index contributed by atoms with van der Waals surface area (Å²) in [5, 5.41) is 21.4. The average molecular weight is 336 g/mol. The van der Waals surface area contributed by atoms with Crippen LogP contribution >= 0.6 is 0 Å². The van der Waals surface area contributed by atoms with E-state index >= 15 is 0 Å². The van der Waals surface area contributed by atoms with Gasteiger partial charge in [-0.25, -0.2) is 4.79 Å². The number of nitrogens with zero attached hydrogens (tertiary/aromatic N) is 4. The molecule has 0 saturated carbocycles. The van der Waals surface area contributed by atoms with Gasteiger partial charge >= 0.3 is 5.97 Å². The summed E-state index contributed by atoms with van der Waals surface area (Å²) < 4.78 is 1.62. The van der Waals surface area contributed by atoms with E-state index in [1.54, 1.807) is 16.8 Å².